The standard InChI is InChI=1S/C28H20ClN5O5S/c1-39-20-11-7-16(8-12-20)22-14-21(15-5-9-18(29)10-6-15)23-24(30)25(40-28(23)31-22)27(36)33-32-26(35)17-3-2-4-19(13-17)34(37)38/h2-14H,30H2,1H3,(H,32,35)(H,33,36). The molecule has 2 amide bonds. The fraction of sp³-hybridized carbons (Fsp3) is 0.0357. The van der Waals surface area contributed by atoms with Crippen LogP contribution in [0.5, 0.6) is 5.75 Å². The predicted molar refractivity (Wildman–Crippen MR) is 154 cm³/mol. The number of hydrazine groups is 1. The van der Waals surface area contributed by atoms with Crippen LogP contribution in [0.2, 0.25) is 5.02 Å². The molecule has 0 aliphatic rings. The molecular formula is C28H20ClN5O5S. The van der Waals surface area contributed by atoms with Gasteiger partial charge < -0.3 is 10.5 Å². The van der Waals surface area contributed by atoms with Crippen LogP contribution in [0.4, 0.5) is 11.4 Å². The van der Waals surface area contributed by atoms with Gasteiger partial charge >= 0.3 is 0 Å². The lowest BCUT2D eigenvalue weighted by molar-refractivity contribution is -0.384. The summed E-state index contributed by atoms with van der Waals surface area (Å²) in [6, 6.07) is 21.7. The molecule has 5 rings (SSSR count). The van der Waals surface area contributed by atoms with Crippen LogP contribution in [-0.2, 0) is 0 Å². The van der Waals surface area contributed by atoms with Crippen molar-refractivity contribution in [3.8, 4) is 28.1 Å². The molecule has 40 heavy (non-hydrogen) atoms. The first-order chi connectivity index (χ1) is 19.2. The minimum Gasteiger partial charge on any atom is -0.497 e. The number of ether oxygens (including phenoxy) is 1. The monoisotopic (exact) mass is 573 g/mol. The van der Waals surface area contributed by atoms with Crippen LogP contribution >= 0.6 is 22.9 Å². The summed E-state index contributed by atoms with van der Waals surface area (Å²) in [4.78, 5) is 41.5. The van der Waals surface area contributed by atoms with Crippen molar-refractivity contribution < 1.29 is 19.2 Å². The van der Waals surface area contributed by atoms with Crippen LogP contribution in [0.15, 0.2) is 78.9 Å². The number of nitrogen functional groups attached to an aromatic ring is 1. The number of carbonyl (C=O) groups excluding carboxylic acids is 2. The first kappa shape index (κ1) is 26.6. The molecule has 2 aromatic heterocycles. The Labute approximate surface area is 236 Å². The third-order valence-corrected chi connectivity index (χ3v) is 7.41. The number of benzene rings is 3. The minimum absolute atomic E-state index is 0.00892. The Hall–Kier alpha value is -5.00. The van der Waals surface area contributed by atoms with Gasteiger partial charge in [-0.15, -0.1) is 11.3 Å². The highest BCUT2D eigenvalue weighted by molar-refractivity contribution is 7.21. The van der Waals surface area contributed by atoms with Crippen molar-refractivity contribution in [2.75, 3.05) is 12.8 Å². The number of pyridine rings is 1. The zero-order valence-corrected chi connectivity index (χ0v) is 22.4. The van der Waals surface area contributed by atoms with Gasteiger partial charge in [-0.2, -0.15) is 0 Å². The zero-order valence-electron chi connectivity index (χ0n) is 20.8. The molecule has 200 valence electrons. The number of carbonyl (C=O) groups is 2. The summed E-state index contributed by atoms with van der Waals surface area (Å²) in [5.41, 5.74) is 14.1. The molecule has 12 heteroatoms. The van der Waals surface area contributed by atoms with Gasteiger partial charge in [-0.3, -0.25) is 30.6 Å². The molecule has 10 nitrogen and oxygen atoms in total. The van der Waals surface area contributed by atoms with Gasteiger partial charge in [-0.05, 0) is 59.7 Å². The van der Waals surface area contributed by atoms with Crippen molar-refractivity contribution in [1.82, 2.24) is 15.8 Å². The second-order valence-corrected chi connectivity index (χ2v) is 9.97. The topological polar surface area (TPSA) is 149 Å². The number of non-ortho nitro benzene ring substituents is 1. The number of hydrogen-bond donors (Lipinski definition) is 3. The van der Waals surface area contributed by atoms with Crippen LogP contribution in [0.25, 0.3) is 32.6 Å². The minimum atomic E-state index is -0.724. The number of hydrogen-bond acceptors (Lipinski definition) is 8. The third-order valence-electron chi connectivity index (χ3n) is 6.05. The van der Waals surface area contributed by atoms with Crippen molar-refractivity contribution >= 4 is 56.3 Å². The van der Waals surface area contributed by atoms with Crippen molar-refractivity contribution in [3.63, 3.8) is 0 Å². The van der Waals surface area contributed by atoms with Crippen LogP contribution in [-0.4, -0.2) is 28.8 Å². The Morgan fingerprint density at radius 3 is 2.33 bits per heavy atom. The summed E-state index contributed by atoms with van der Waals surface area (Å²) in [7, 11) is 1.59. The Kier molecular flexibility index (Phi) is 7.32. The first-order valence-electron chi connectivity index (χ1n) is 11.7. The number of rotatable bonds is 6. The van der Waals surface area contributed by atoms with Gasteiger partial charge in [0.25, 0.3) is 17.5 Å². The van der Waals surface area contributed by atoms with Crippen LogP contribution in [0.3, 0.4) is 0 Å². The molecular weight excluding hydrogens is 554 g/mol. The molecule has 0 radical (unpaired) electrons. The van der Waals surface area contributed by atoms with Gasteiger partial charge in [0.1, 0.15) is 15.5 Å². The zero-order chi connectivity index (χ0) is 28.4. The first-order valence-corrected chi connectivity index (χ1v) is 12.9. The van der Waals surface area contributed by atoms with Gasteiger partial charge in [0.15, 0.2) is 0 Å². The molecule has 2 heterocycles. The molecule has 4 N–H and O–H groups in total. The number of nitrogens with one attached hydrogen (secondary N) is 2. The van der Waals surface area contributed by atoms with E-state index in [9.17, 15) is 19.7 Å². The van der Waals surface area contributed by atoms with Gasteiger partial charge in [-0.25, -0.2) is 4.98 Å². The Balaban J connectivity index is 1.51. The number of anilines is 1. The van der Waals surface area contributed by atoms with E-state index in [-0.39, 0.29) is 21.8 Å². The smallest absolute Gasteiger partial charge is 0.281 e. The summed E-state index contributed by atoms with van der Waals surface area (Å²) in [5, 5.41) is 12.2. The lowest BCUT2D eigenvalue weighted by atomic mass is 9.99. The Morgan fingerprint density at radius 1 is 0.975 bits per heavy atom. The van der Waals surface area contributed by atoms with Crippen LogP contribution in [0.1, 0.15) is 20.0 Å². The maximum absolute atomic E-state index is 13.1. The van der Waals surface area contributed by atoms with E-state index in [2.05, 4.69) is 10.9 Å². The number of nitro benzene ring substituents is 1. The lowest BCUT2D eigenvalue weighted by Gasteiger charge is -2.10. The molecule has 0 saturated heterocycles. The molecule has 0 unspecified atom stereocenters. The number of thiophene rings is 1. The third kappa shape index (κ3) is 5.28. The maximum Gasteiger partial charge on any atom is 0.281 e. The van der Waals surface area contributed by atoms with Gasteiger partial charge in [0, 0.05) is 33.7 Å². The van der Waals surface area contributed by atoms with Gasteiger partial charge in [0.05, 0.1) is 23.4 Å². The number of aromatic nitrogens is 1. The second-order valence-electron chi connectivity index (χ2n) is 8.53. The molecule has 3 aromatic carbocycles. The van der Waals surface area contributed by atoms with Crippen molar-refractivity contribution in [1.29, 1.82) is 0 Å². The van der Waals surface area contributed by atoms with Crippen molar-refractivity contribution in [2.45, 2.75) is 0 Å². The fourth-order valence-corrected chi connectivity index (χ4v) is 5.20. The highest BCUT2D eigenvalue weighted by atomic mass is 35.5. The number of nitrogens with two attached hydrogens (primary N) is 1. The molecule has 5 aromatic rings. The van der Waals surface area contributed by atoms with E-state index in [0.717, 1.165) is 34.1 Å². The summed E-state index contributed by atoms with van der Waals surface area (Å²) < 4.78 is 5.26. The van der Waals surface area contributed by atoms with E-state index in [4.69, 9.17) is 27.1 Å². The second kappa shape index (κ2) is 11.0. The summed E-state index contributed by atoms with van der Waals surface area (Å²) in [6.45, 7) is 0. The molecule has 0 atom stereocenters. The lowest BCUT2D eigenvalue weighted by Crippen LogP contribution is -2.41. The Morgan fingerprint density at radius 2 is 1.65 bits per heavy atom. The normalized spacial score (nSPS) is 10.8. The van der Waals surface area contributed by atoms with Gasteiger partial charge in [0.2, 0.25) is 0 Å². The van der Waals surface area contributed by atoms with E-state index < -0.39 is 16.7 Å². The fourth-order valence-electron chi connectivity index (χ4n) is 4.06. The number of nitro groups is 1. The number of nitrogens with zero attached hydrogens (tertiary/aromatic N) is 2. The van der Waals surface area contributed by atoms with Crippen LogP contribution < -0.4 is 21.3 Å². The molecule has 0 aliphatic heterocycles. The summed E-state index contributed by atoms with van der Waals surface area (Å²) in [6.07, 6.45) is 0. The molecule has 0 aliphatic carbocycles. The van der Waals surface area contributed by atoms with E-state index in [1.54, 1.807) is 19.2 Å². The molecule has 0 fully saturated rings. The molecule has 0 saturated carbocycles. The highest BCUT2D eigenvalue weighted by Crippen LogP contribution is 2.41. The average Bonchev–Trinajstić information content (AvgIpc) is 3.32. The van der Waals surface area contributed by atoms with Gasteiger partial charge in [-0.1, -0.05) is 29.8 Å². The van der Waals surface area contributed by atoms with E-state index >= 15 is 0 Å². The number of halogens is 1. The number of amides is 2. The number of fused-ring (bicyclic) bond motifs is 1. The van der Waals surface area contributed by atoms with E-state index in [1.165, 1.54) is 18.2 Å². The predicted octanol–water partition coefficient (Wildman–Crippen LogP) is 5.86. The highest BCUT2D eigenvalue weighted by Gasteiger charge is 2.22. The largest absolute Gasteiger partial charge is 0.497 e. The SMILES string of the molecule is COc1ccc(-c2cc(-c3ccc(Cl)cc3)c3c(N)c(C(=O)NNC(=O)c4cccc([N+](=O)[O-])c4)sc3n2)cc1. The quantitative estimate of drug-likeness (QED) is 0.170. The Bertz CT molecular complexity index is 1770. The molecule has 0 spiro atoms. The van der Waals surface area contributed by atoms with Crippen LogP contribution in [0, 0.1) is 10.1 Å². The van der Waals surface area contributed by atoms with Crippen molar-refractivity contribution in [2.24, 2.45) is 0 Å². The van der Waals surface area contributed by atoms with E-state index in [1.807, 2.05) is 42.5 Å². The van der Waals surface area contributed by atoms with E-state index in [0.29, 0.717) is 26.7 Å². The average molecular weight is 574 g/mol. The summed E-state index contributed by atoms with van der Waals surface area (Å²) in [5.74, 6) is -0.680. The van der Waals surface area contributed by atoms with Crippen molar-refractivity contribution in [3.05, 3.63) is 104 Å². The molecule has 0 bridgehead atoms. The summed E-state index contributed by atoms with van der Waals surface area (Å²) >= 11 is 7.19. The maximum atomic E-state index is 13.1. The number of methoxy groups -OCH3 is 1.